The number of ether oxygens (including phenoxy) is 1. The van der Waals surface area contributed by atoms with Gasteiger partial charge in [0.05, 0.1) is 7.11 Å². The summed E-state index contributed by atoms with van der Waals surface area (Å²) in [7, 11) is 1.70. The highest BCUT2D eigenvalue weighted by Gasteiger charge is 2.26. The van der Waals surface area contributed by atoms with Crippen LogP contribution in [-0.4, -0.2) is 13.2 Å². The number of benzene rings is 1. The smallest absolute Gasteiger partial charge is 0.119 e. The molecule has 0 spiro atoms. The second-order valence-electron chi connectivity index (χ2n) is 4.42. The molecule has 0 bridgehead atoms. The third-order valence-electron chi connectivity index (χ3n) is 3.45. The summed E-state index contributed by atoms with van der Waals surface area (Å²) < 4.78 is 5.21. The first-order chi connectivity index (χ1) is 7.22. The van der Waals surface area contributed by atoms with Crippen molar-refractivity contribution in [3.8, 4) is 5.75 Å². The van der Waals surface area contributed by atoms with Crippen LogP contribution in [0.2, 0.25) is 0 Å². The molecular weight excluding hydrogens is 186 g/mol. The van der Waals surface area contributed by atoms with Crippen LogP contribution in [0.25, 0.3) is 0 Å². The molecule has 2 unspecified atom stereocenters. The van der Waals surface area contributed by atoms with Crippen molar-refractivity contribution in [3.05, 3.63) is 29.3 Å². The Morgan fingerprint density at radius 2 is 2.13 bits per heavy atom. The lowest BCUT2D eigenvalue weighted by Gasteiger charge is -2.18. The fourth-order valence-corrected chi connectivity index (χ4v) is 2.57. The topological polar surface area (TPSA) is 35.2 Å². The molecule has 2 rings (SSSR count). The van der Waals surface area contributed by atoms with Gasteiger partial charge in [0.2, 0.25) is 0 Å². The number of methoxy groups -OCH3 is 1. The zero-order valence-electron chi connectivity index (χ0n) is 9.49. The van der Waals surface area contributed by atoms with E-state index in [2.05, 4.69) is 19.1 Å². The molecule has 15 heavy (non-hydrogen) atoms. The summed E-state index contributed by atoms with van der Waals surface area (Å²) in [5.74, 6) is 1.48. The van der Waals surface area contributed by atoms with E-state index >= 15 is 0 Å². The molecule has 2 nitrogen and oxygen atoms in total. The van der Waals surface area contributed by atoms with Crippen molar-refractivity contribution >= 4 is 0 Å². The zero-order chi connectivity index (χ0) is 10.8. The van der Waals surface area contributed by atoms with Gasteiger partial charge >= 0.3 is 0 Å². The molecule has 0 amide bonds. The van der Waals surface area contributed by atoms with E-state index in [-0.39, 0.29) is 0 Å². The minimum absolute atomic E-state index is 0.345. The van der Waals surface area contributed by atoms with Crippen LogP contribution in [0.1, 0.15) is 36.3 Å². The first-order valence-electron chi connectivity index (χ1n) is 5.62. The summed E-state index contributed by atoms with van der Waals surface area (Å²) in [6.45, 7) is 2.14. The highest BCUT2D eigenvalue weighted by Crippen LogP contribution is 2.35. The maximum Gasteiger partial charge on any atom is 0.119 e. The number of hydrogen-bond donors (Lipinski definition) is 1. The lowest BCUT2D eigenvalue weighted by Crippen LogP contribution is -2.23. The van der Waals surface area contributed by atoms with Gasteiger partial charge in [-0.1, -0.05) is 12.5 Å². The summed E-state index contributed by atoms with van der Waals surface area (Å²) in [5, 5.41) is 0. The third-order valence-corrected chi connectivity index (χ3v) is 3.45. The van der Waals surface area contributed by atoms with E-state index in [9.17, 15) is 0 Å². The predicted octanol–water partition coefficient (Wildman–Crippen LogP) is 2.60. The summed E-state index contributed by atoms with van der Waals surface area (Å²) >= 11 is 0. The average Bonchev–Trinajstić information content (AvgIpc) is 2.64. The molecule has 82 valence electrons. The summed E-state index contributed by atoms with van der Waals surface area (Å²) in [4.78, 5) is 0. The number of rotatable bonds is 2. The number of nitrogens with two attached hydrogens (primary N) is 1. The van der Waals surface area contributed by atoms with Gasteiger partial charge in [-0.15, -0.1) is 0 Å². The van der Waals surface area contributed by atoms with Crippen LogP contribution in [0.5, 0.6) is 5.75 Å². The van der Waals surface area contributed by atoms with Gasteiger partial charge < -0.3 is 10.5 Å². The van der Waals surface area contributed by atoms with Gasteiger partial charge in [-0.2, -0.15) is 0 Å². The Morgan fingerprint density at radius 3 is 2.67 bits per heavy atom. The van der Waals surface area contributed by atoms with E-state index in [1.165, 1.54) is 24.0 Å². The van der Waals surface area contributed by atoms with E-state index < -0.39 is 0 Å². The number of aryl methyl sites for hydroxylation is 1. The largest absolute Gasteiger partial charge is 0.497 e. The second kappa shape index (κ2) is 4.23. The van der Waals surface area contributed by atoms with E-state index in [4.69, 9.17) is 10.5 Å². The molecule has 1 aromatic carbocycles. The Hall–Kier alpha value is -1.02. The fourth-order valence-electron chi connectivity index (χ4n) is 2.57. The molecule has 2 N–H and O–H groups in total. The molecule has 0 aromatic heterocycles. The summed E-state index contributed by atoms with van der Waals surface area (Å²) in [5.41, 5.74) is 8.83. The quantitative estimate of drug-likeness (QED) is 0.805. The van der Waals surface area contributed by atoms with Crippen LogP contribution >= 0.6 is 0 Å². The molecular formula is C13H19NO. The van der Waals surface area contributed by atoms with Gasteiger partial charge in [0.15, 0.2) is 0 Å². The van der Waals surface area contributed by atoms with Crippen molar-refractivity contribution in [2.75, 3.05) is 7.11 Å². The van der Waals surface area contributed by atoms with E-state index in [1.54, 1.807) is 7.11 Å². The normalized spacial score (nSPS) is 25.5. The van der Waals surface area contributed by atoms with Crippen molar-refractivity contribution in [2.45, 2.75) is 38.1 Å². The molecule has 0 heterocycles. The number of hydrogen-bond acceptors (Lipinski definition) is 2. The van der Waals surface area contributed by atoms with Gasteiger partial charge in [0.25, 0.3) is 0 Å². The van der Waals surface area contributed by atoms with Crippen molar-refractivity contribution in [1.82, 2.24) is 0 Å². The van der Waals surface area contributed by atoms with Crippen LogP contribution < -0.4 is 10.5 Å². The third kappa shape index (κ3) is 2.00. The standard InChI is InChI=1S/C13H19NO/c1-9-8-10(15-2)6-7-11(9)12-4-3-5-13(12)14/h6-8,12-13H,3-5,14H2,1-2H3. The van der Waals surface area contributed by atoms with Crippen LogP contribution in [-0.2, 0) is 0 Å². The first-order valence-corrected chi connectivity index (χ1v) is 5.62. The van der Waals surface area contributed by atoms with Gasteiger partial charge in [-0.3, -0.25) is 0 Å². The van der Waals surface area contributed by atoms with Gasteiger partial charge in [-0.25, -0.2) is 0 Å². The Kier molecular flexibility index (Phi) is 2.96. The Labute approximate surface area is 91.4 Å². The maximum absolute atomic E-state index is 6.12. The fraction of sp³-hybridized carbons (Fsp3) is 0.538. The Morgan fingerprint density at radius 1 is 1.33 bits per heavy atom. The van der Waals surface area contributed by atoms with Gasteiger partial charge in [-0.05, 0) is 48.9 Å². The van der Waals surface area contributed by atoms with Crippen LogP contribution in [0.3, 0.4) is 0 Å². The molecule has 1 aromatic rings. The van der Waals surface area contributed by atoms with Gasteiger partial charge in [0, 0.05) is 6.04 Å². The first kappa shape index (κ1) is 10.5. The molecule has 0 aliphatic heterocycles. The van der Waals surface area contributed by atoms with Crippen LogP contribution in [0.15, 0.2) is 18.2 Å². The molecule has 2 atom stereocenters. The van der Waals surface area contributed by atoms with Crippen LogP contribution in [0, 0.1) is 6.92 Å². The minimum atomic E-state index is 0.345. The summed E-state index contributed by atoms with van der Waals surface area (Å²) in [6, 6.07) is 6.65. The van der Waals surface area contributed by atoms with E-state index in [0.717, 1.165) is 12.2 Å². The Balaban J connectivity index is 2.28. The maximum atomic E-state index is 6.12. The highest BCUT2D eigenvalue weighted by atomic mass is 16.5. The van der Waals surface area contributed by atoms with Crippen molar-refractivity contribution in [2.24, 2.45) is 5.73 Å². The second-order valence-corrected chi connectivity index (χ2v) is 4.42. The van der Waals surface area contributed by atoms with Crippen LogP contribution in [0.4, 0.5) is 0 Å². The Bertz CT molecular complexity index is 348. The lowest BCUT2D eigenvalue weighted by molar-refractivity contribution is 0.414. The van der Waals surface area contributed by atoms with Gasteiger partial charge in [0.1, 0.15) is 5.75 Å². The van der Waals surface area contributed by atoms with E-state index in [1.807, 2.05) is 6.07 Å². The molecule has 0 saturated heterocycles. The van der Waals surface area contributed by atoms with Crippen molar-refractivity contribution in [1.29, 1.82) is 0 Å². The zero-order valence-corrected chi connectivity index (χ0v) is 9.49. The SMILES string of the molecule is COc1ccc(C2CCCC2N)c(C)c1. The van der Waals surface area contributed by atoms with E-state index in [0.29, 0.717) is 12.0 Å². The summed E-state index contributed by atoms with van der Waals surface area (Å²) in [6.07, 6.45) is 3.65. The monoisotopic (exact) mass is 205 g/mol. The molecule has 1 aliphatic carbocycles. The minimum Gasteiger partial charge on any atom is -0.497 e. The molecule has 1 aliphatic rings. The van der Waals surface area contributed by atoms with Crippen molar-refractivity contribution < 1.29 is 4.74 Å². The molecule has 0 radical (unpaired) electrons. The van der Waals surface area contributed by atoms with Crippen molar-refractivity contribution in [3.63, 3.8) is 0 Å². The molecule has 1 fully saturated rings. The highest BCUT2D eigenvalue weighted by molar-refractivity contribution is 5.38. The molecule has 2 heteroatoms. The molecule has 1 saturated carbocycles. The average molecular weight is 205 g/mol. The lowest BCUT2D eigenvalue weighted by atomic mass is 9.91. The predicted molar refractivity (Wildman–Crippen MR) is 62.3 cm³/mol.